The average molecular weight is 343 g/mol. The highest BCUT2D eigenvalue weighted by Gasteiger charge is 2.17. The maximum atomic E-state index is 13.8. The Bertz CT molecular complexity index is 430. The fourth-order valence-electron chi connectivity index (χ4n) is 2.81. The zero-order valence-corrected chi connectivity index (χ0v) is 13.9. The number of nitrogens with one attached hydrogen (secondary N) is 1. The van der Waals surface area contributed by atoms with Crippen molar-refractivity contribution in [2.75, 3.05) is 26.7 Å². The summed E-state index contributed by atoms with van der Waals surface area (Å²) in [4.78, 5) is 2.39. The Kier molecular flexibility index (Phi) is 6.00. The molecular formula is C16H24BrFN2. The molecule has 1 heterocycles. The van der Waals surface area contributed by atoms with Gasteiger partial charge in [-0.05, 0) is 77.0 Å². The summed E-state index contributed by atoms with van der Waals surface area (Å²) in [6, 6.07) is 5.18. The third-order valence-corrected chi connectivity index (χ3v) is 4.76. The van der Waals surface area contributed by atoms with Crippen molar-refractivity contribution in [2.45, 2.75) is 32.2 Å². The number of piperidine rings is 1. The SMILES string of the molecule is CC(NCCC1CCN(C)CC1)c1cc(Br)ccc1F. The first-order valence-corrected chi connectivity index (χ1v) is 8.22. The molecule has 0 saturated carbocycles. The van der Waals surface area contributed by atoms with Crippen molar-refractivity contribution in [3.63, 3.8) is 0 Å². The molecule has 0 bridgehead atoms. The minimum absolute atomic E-state index is 0.0544. The predicted octanol–water partition coefficient (Wildman–Crippen LogP) is 3.97. The van der Waals surface area contributed by atoms with Gasteiger partial charge in [0.15, 0.2) is 0 Å². The first-order valence-electron chi connectivity index (χ1n) is 7.43. The monoisotopic (exact) mass is 342 g/mol. The molecule has 1 atom stereocenters. The lowest BCUT2D eigenvalue weighted by molar-refractivity contribution is 0.210. The molecule has 0 radical (unpaired) electrons. The maximum absolute atomic E-state index is 13.8. The van der Waals surface area contributed by atoms with E-state index in [4.69, 9.17) is 0 Å². The number of nitrogens with zero attached hydrogens (tertiary/aromatic N) is 1. The van der Waals surface area contributed by atoms with Crippen molar-refractivity contribution >= 4 is 15.9 Å². The Balaban J connectivity index is 1.77. The first-order chi connectivity index (χ1) is 9.56. The summed E-state index contributed by atoms with van der Waals surface area (Å²) in [5.41, 5.74) is 0.739. The van der Waals surface area contributed by atoms with Crippen LogP contribution in [0, 0.1) is 11.7 Å². The molecular weight excluding hydrogens is 319 g/mol. The number of benzene rings is 1. The molecule has 2 rings (SSSR count). The van der Waals surface area contributed by atoms with Crippen molar-refractivity contribution in [3.8, 4) is 0 Å². The van der Waals surface area contributed by atoms with Crippen LogP contribution in [0.15, 0.2) is 22.7 Å². The van der Waals surface area contributed by atoms with Crippen molar-refractivity contribution in [1.29, 1.82) is 0 Å². The van der Waals surface area contributed by atoms with Crippen LogP contribution in [0.3, 0.4) is 0 Å². The third-order valence-electron chi connectivity index (χ3n) is 4.27. The Labute approximate surface area is 129 Å². The highest BCUT2D eigenvalue weighted by molar-refractivity contribution is 9.10. The van der Waals surface area contributed by atoms with E-state index in [1.807, 2.05) is 13.0 Å². The molecule has 0 aromatic heterocycles. The molecule has 2 nitrogen and oxygen atoms in total. The summed E-state index contributed by atoms with van der Waals surface area (Å²) in [6.07, 6.45) is 3.77. The van der Waals surface area contributed by atoms with Crippen LogP contribution in [0.4, 0.5) is 4.39 Å². The normalized spacial score (nSPS) is 19.2. The number of halogens is 2. The van der Waals surface area contributed by atoms with Crippen LogP contribution in [-0.4, -0.2) is 31.6 Å². The van der Waals surface area contributed by atoms with Gasteiger partial charge in [-0.3, -0.25) is 0 Å². The minimum atomic E-state index is -0.132. The van der Waals surface area contributed by atoms with Gasteiger partial charge in [-0.2, -0.15) is 0 Å². The first kappa shape index (κ1) is 15.9. The second-order valence-electron chi connectivity index (χ2n) is 5.88. The Morgan fingerprint density at radius 3 is 2.80 bits per heavy atom. The molecule has 1 fully saturated rings. The molecule has 1 aliphatic rings. The maximum Gasteiger partial charge on any atom is 0.128 e. The van der Waals surface area contributed by atoms with E-state index in [2.05, 4.69) is 33.2 Å². The summed E-state index contributed by atoms with van der Waals surface area (Å²) in [5.74, 6) is 0.686. The van der Waals surface area contributed by atoms with Crippen LogP contribution in [0.25, 0.3) is 0 Å². The number of likely N-dealkylation sites (tertiary alicyclic amines) is 1. The van der Waals surface area contributed by atoms with E-state index < -0.39 is 0 Å². The molecule has 0 aliphatic carbocycles. The Hall–Kier alpha value is -0.450. The van der Waals surface area contributed by atoms with Gasteiger partial charge < -0.3 is 10.2 Å². The number of rotatable bonds is 5. The fourth-order valence-corrected chi connectivity index (χ4v) is 3.19. The van der Waals surface area contributed by atoms with Crippen molar-refractivity contribution in [3.05, 3.63) is 34.1 Å². The van der Waals surface area contributed by atoms with E-state index >= 15 is 0 Å². The van der Waals surface area contributed by atoms with Gasteiger partial charge in [0, 0.05) is 16.1 Å². The smallest absolute Gasteiger partial charge is 0.128 e. The summed E-state index contributed by atoms with van der Waals surface area (Å²) >= 11 is 3.40. The van der Waals surface area contributed by atoms with Crippen LogP contribution in [0.1, 0.15) is 37.8 Å². The summed E-state index contributed by atoms with van der Waals surface area (Å²) in [6.45, 7) is 5.40. The van der Waals surface area contributed by atoms with Gasteiger partial charge in [-0.15, -0.1) is 0 Å². The largest absolute Gasteiger partial charge is 0.310 e. The van der Waals surface area contributed by atoms with Gasteiger partial charge in [0.25, 0.3) is 0 Å². The molecule has 1 aliphatic heterocycles. The van der Waals surface area contributed by atoms with Gasteiger partial charge in [-0.1, -0.05) is 15.9 Å². The molecule has 1 saturated heterocycles. The van der Waals surface area contributed by atoms with E-state index in [0.29, 0.717) is 0 Å². The number of hydrogen-bond donors (Lipinski definition) is 1. The Morgan fingerprint density at radius 2 is 2.10 bits per heavy atom. The number of hydrogen-bond acceptors (Lipinski definition) is 2. The topological polar surface area (TPSA) is 15.3 Å². The van der Waals surface area contributed by atoms with Gasteiger partial charge >= 0.3 is 0 Å². The summed E-state index contributed by atoms with van der Waals surface area (Å²) in [5, 5.41) is 3.45. The Morgan fingerprint density at radius 1 is 1.40 bits per heavy atom. The molecule has 20 heavy (non-hydrogen) atoms. The van der Waals surface area contributed by atoms with E-state index in [0.717, 1.165) is 22.5 Å². The van der Waals surface area contributed by atoms with Crippen molar-refractivity contribution < 1.29 is 4.39 Å². The van der Waals surface area contributed by atoms with E-state index in [-0.39, 0.29) is 11.9 Å². The lowest BCUT2D eigenvalue weighted by Gasteiger charge is -2.29. The van der Waals surface area contributed by atoms with Gasteiger partial charge in [0.05, 0.1) is 0 Å². The van der Waals surface area contributed by atoms with Crippen LogP contribution >= 0.6 is 15.9 Å². The lowest BCUT2D eigenvalue weighted by atomic mass is 9.93. The molecule has 0 amide bonds. The highest BCUT2D eigenvalue weighted by Crippen LogP contribution is 2.23. The van der Waals surface area contributed by atoms with Crippen LogP contribution < -0.4 is 5.32 Å². The molecule has 0 spiro atoms. The van der Waals surface area contributed by atoms with Gasteiger partial charge in [-0.25, -0.2) is 4.39 Å². The van der Waals surface area contributed by atoms with Gasteiger partial charge in [0.2, 0.25) is 0 Å². The van der Waals surface area contributed by atoms with Gasteiger partial charge in [0.1, 0.15) is 5.82 Å². The highest BCUT2D eigenvalue weighted by atomic mass is 79.9. The molecule has 112 valence electrons. The summed E-state index contributed by atoms with van der Waals surface area (Å²) in [7, 11) is 2.19. The molecule has 1 N–H and O–H groups in total. The van der Waals surface area contributed by atoms with Crippen LogP contribution in [0.5, 0.6) is 0 Å². The van der Waals surface area contributed by atoms with Crippen LogP contribution in [0.2, 0.25) is 0 Å². The van der Waals surface area contributed by atoms with E-state index in [9.17, 15) is 4.39 Å². The fraction of sp³-hybridized carbons (Fsp3) is 0.625. The van der Waals surface area contributed by atoms with E-state index in [1.165, 1.54) is 38.4 Å². The summed E-state index contributed by atoms with van der Waals surface area (Å²) < 4.78 is 14.7. The second-order valence-corrected chi connectivity index (χ2v) is 6.79. The molecule has 4 heteroatoms. The average Bonchev–Trinajstić information content (AvgIpc) is 2.43. The molecule has 1 aromatic carbocycles. The molecule has 1 unspecified atom stereocenters. The van der Waals surface area contributed by atoms with Crippen LogP contribution in [-0.2, 0) is 0 Å². The third kappa shape index (κ3) is 4.54. The zero-order chi connectivity index (χ0) is 14.5. The minimum Gasteiger partial charge on any atom is -0.310 e. The van der Waals surface area contributed by atoms with E-state index in [1.54, 1.807) is 6.07 Å². The second kappa shape index (κ2) is 7.53. The van der Waals surface area contributed by atoms with Crippen molar-refractivity contribution in [1.82, 2.24) is 10.2 Å². The molecule has 1 aromatic rings. The standard InChI is InChI=1S/C16H24BrFN2/c1-12(15-11-14(17)3-4-16(15)18)19-8-5-13-6-9-20(2)10-7-13/h3-4,11-13,19H,5-10H2,1-2H3. The quantitative estimate of drug-likeness (QED) is 0.870. The lowest BCUT2D eigenvalue weighted by Crippen LogP contribution is -2.32. The predicted molar refractivity (Wildman–Crippen MR) is 85.4 cm³/mol. The van der Waals surface area contributed by atoms with Crippen molar-refractivity contribution in [2.24, 2.45) is 5.92 Å². The zero-order valence-electron chi connectivity index (χ0n) is 12.3.